The van der Waals surface area contributed by atoms with Crippen molar-refractivity contribution in [2.24, 2.45) is 11.1 Å². The van der Waals surface area contributed by atoms with Crippen LogP contribution in [0.25, 0.3) is 0 Å². The third kappa shape index (κ3) is 2.94. The first-order valence-corrected chi connectivity index (χ1v) is 6.62. The molecule has 1 rings (SSSR count). The summed E-state index contributed by atoms with van der Waals surface area (Å²) in [6.45, 7) is 2.75. The molecule has 0 aromatic rings. The minimum atomic E-state index is -0.568. The fourth-order valence-electron chi connectivity index (χ4n) is 2.33. The van der Waals surface area contributed by atoms with Crippen molar-refractivity contribution in [3.8, 4) is 0 Å². The van der Waals surface area contributed by atoms with Gasteiger partial charge in [-0.3, -0.25) is 4.79 Å². The second kappa shape index (κ2) is 6.18. The van der Waals surface area contributed by atoms with Gasteiger partial charge in [0, 0.05) is 6.54 Å². The van der Waals surface area contributed by atoms with Gasteiger partial charge in [0.05, 0.1) is 10.4 Å². The Morgan fingerprint density at radius 2 is 1.88 bits per heavy atom. The van der Waals surface area contributed by atoms with E-state index >= 15 is 0 Å². The van der Waals surface area contributed by atoms with Gasteiger partial charge < -0.3 is 11.1 Å². The number of amides is 1. The van der Waals surface area contributed by atoms with E-state index in [2.05, 4.69) is 5.32 Å². The SMILES string of the molecule is CCCNC(=O)C1(C(N)=S)CCCCCC1. The van der Waals surface area contributed by atoms with E-state index in [1.807, 2.05) is 6.92 Å². The lowest BCUT2D eigenvalue weighted by atomic mass is 9.79. The van der Waals surface area contributed by atoms with Gasteiger partial charge in [0.2, 0.25) is 5.91 Å². The van der Waals surface area contributed by atoms with Crippen LogP contribution < -0.4 is 11.1 Å². The van der Waals surface area contributed by atoms with Crippen molar-refractivity contribution in [2.75, 3.05) is 6.54 Å². The number of carbonyl (C=O) groups is 1. The Hall–Kier alpha value is -0.640. The number of hydrogen-bond donors (Lipinski definition) is 2. The normalized spacial score (nSPS) is 19.8. The summed E-state index contributed by atoms with van der Waals surface area (Å²) in [6, 6.07) is 0. The molecule has 1 amide bonds. The molecule has 0 spiro atoms. The van der Waals surface area contributed by atoms with Gasteiger partial charge in [-0.2, -0.15) is 0 Å². The van der Waals surface area contributed by atoms with Gasteiger partial charge in [0.15, 0.2) is 0 Å². The van der Waals surface area contributed by atoms with Crippen LogP contribution in [0.2, 0.25) is 0 Å². The highest BCUT2D eigenvalue weighted by Gasteiger charge is 2.41. The molecule has 0 saturated heterocycles. The Bertz CT molecular complexity index is 258. The average Bonchev–Trinajstić information content (AvgIpc) is 2.52. The van der Waals surface area contributed by atoms with Gasteiger partial charge in [-0.25, -0.2) is 0 Å². The first-order chi connectivity index (χ1) is 7.63. The van der Waals surface area contributed by atoms with Gasteiger partial charge >= 0.3 is 0 Å². The topological polar surface area (TPSA) is 55.1 Å². The molecule has 0 bridgehead atoms. The maximum Gasteiger partial charge on any atom is 0.233 e. The summed E-state index contributed by atoms with van der Waals surface area (Å²) in [7, 11) is 0. The highest BCUT2D eigenvalue weighted by Crippen LogP contribution is 2.35. The summed E-state index contributed by atoms with van der Waals surface area (Å²) >= 11 is 5.13. The largest absolute Gasteiger partial charge is 0.392 e. The van der Waals surface area contributed by atoms with Crippen LogP contribution in [0.3, 0.4) is 0 Å². The van der Waals surface area contributed by atoms with Crippen LogP contribution in [0.1, 0.15) is 51.9 Å². The summed E-state index contributed by atoms with van der Waals surface area (Å²) in [4.78, 5) is 12.6. The van der Waals surface area contributed by atoms with Crippen molar-refractivity contribution in [1.29, 1.82) is 0 Å². The average molecular weight is 242 g/mol. The summed E-state index contributed by atoms with van der Waals surface area (Å²) in [5, 5.41) is 2.95. The Labute approximate surface area is 103 Å². The number of carbonyl (C=O) groups excluding carboxylic acids is 1. The standard InChI is InChI=1S/C12H22N2OS/c1-2-9-14-11(15)12(10(13)16)7-5-3-4-6-8-12/h2-9H2,1H3,(H2,13,16)(H,14,15). The molecule has 1 aliphatic carbocycles. The van der Waals surface area contributed by atoms with E-state index in [1.54, 1.807) is 0 Å². The molecule has 0 unspecified atom stereocenters. The van der Waals surface area contributed by atoms with Crippen LogP contribution in [-0.2, 0) is 4.79 Å². The van der Waals surface area contributed by atoms with Crippen molar-refractivity contribution in [1.82, 2.24) is 5.32 Å². The van der Waals surface area contributed by atoms with Crippen LogP contribution in [0.15, 0.2) is 0 Å². The third-order valence-corrected chi connectivity index (χ3v) is 3.79. The van der Waals surface area contributed by atoms with Crippen LogP contribution in [0.4, 0.5) is 0 Å². The Morgan fingerprint density at radius 3 is 2.31 bits per heavy atom. The van der Waals surface area contributed by atoms with E-state index < -0.39 is 5.41 Å². The van der Waals surface area contributed by atoms with Gasteiger partial charge in [0.25, 0.3) is 0 Å². The number of thiocarbonyl (C=S) groups is 1. The molecule has 92 valence electrons. The van der Waals surface area contributed by atoms with Crippen LogP contribution in [0.5, 0.6) is 0 Å². The zero-order valence-corrected chi connectivity index (χ0v) is 10.9. The third-order valence-electron chi connectivity index (χ3n) is 3.40. The van der Waals surface area contributed by atoms with Crippen LogP contribution in [0, 0.1) is 5.41 Å². The molecular formula is C12H22N2OS. The fourth-order valence-corrected chi connectivity index (χ4v) is 2.62. The maximum atomic E-state index is 12.2. The Morgan fingerprint density at radius 1 is 1.31 bits per heavy atom. The smallest absolute Gasteiger partial charge is 0.233 e. The highest BCUT2D eigenvalue weighted by molar-refractivity contribution is 7.80. The molecule has 1 saturated carbocycles. The van der Waals surface area contributed by atoms with Crippen molar-refractivity contribution in [3.63, 3.8) is 0 Å². The van der Waals surface area contributed by atoms with Crippen LogP contribution >= 0.6 is 12.2 Å². The molecule has 3 N–H and O–H groups in total. The Kier molecular flexibility index (Phi) is 5.19. The van der Waals surface area contributed by atoms with E-state index in [4.69, 9.17) is 18.0 Å². The fraction of sp³-hybridized carbons (Fsp3) is 0.833. The zero-order chi connectivity index (χ0) is 12.0. The van der Waals surface area contributed by atoms with E-state index in [1.165, 1.54) is 12.8 Å². The monoisotopic (exact) mass is 242 g/mol. The second-order valence-corrected chi connectivity index (χ2v) is 5.06. The molecule has 3 nitrogen and oxygen atoms in total. The predicted octanol–water partition coefficient (Wildman–Crippen LogP) is 2.14. The first-order valence-electron chi connectivity index (χ1n) is 6.21. The quantitative estimate of drug-likeness (QED) is 0.586. The minimum absolute atomic E-state index is 0.0451. The summed E-state index contributed by atoms with van der Waals surface area (Å²) in [6.07, 6.45) is 7.06. The van der Waals surface area contributed by atoms with Crippen LogP contribution in [-0.4, -0.2) is 17.4 Å². The van der Waals surface area contributed by atoms with Gasteiger partial charge in [-0.1, -0.05) is 44.8 Å². The molecule has 1 aliphatic rings. The molecule has 0 atom stereocenters. The molecule has 0 aromatic carbocycles. The van der Waals surface area contributed by atoms with Gasteiger partial charge in [-0.05, 0) is 19.3 Å². The van der Waals surface area contributed by atoms with Crippen molar-refractivity contribution in [2.45, 2.75) is 51.9 Å². The summed E-state index contributed by atoms with van der Waals surface area (Å²) in [5.41, 5.74) is 5.25. The molecule has 0 heterocycles. The number of nitrogens with two attached hydrogens (primary N) is 1. The molecule has 0 radical (unpaired) electrons. The number of nitrogens with one attached hydrogen (secondary N) is 1. The highest BCUT2D eigenvalue weighted by atomic mass is 32.1. The van der Waals surface area contributed by atoms with Gasteiger partial charge in [-0.15, -0.1) is 0 Å². The Balaban J connectivity index is 2.77. The molecule has 0 aliphatic heterocycles. The van der Waals surface area contributed by atoms with E-state index in [0.717, 1.165) is 32.1 Å². The summed E-state index contributed by atoms with van der Waals surface area (Å²) < 4.78 is 0. The van der Waals surface area contributed by atoms with E-state index in [-0.39, 0.29) is 5.91 Å². The first kappa shape index (κ1) is 13.4. The lowest BCUT2D eigenvalue weighted by molar-refractivity contribution is -0.128. The lowest BCUT2D eigenvalue weighted by Gasteiger charge is -2.30. The number of hydrogen-bond acceptors (Lipinski definition) is 2. The molecule has 4 heteroatoms. The molecular weight excluding hydrogens is 220 g/mol. The molecule has 1 fully saturated rings. The van der Waals surface area contributed by atoms with Crippen molar-refractivity contribution in [3.05, 3.63) is 0 Å². The lowest BCUT2D eigenvalue weighted by Crippen LogP contribution is -2.48. The minimum Gasteiger partial charge on any atom is -0.392 e. The summed E-state index contributed by atoms with van der Waals surface area (Å²) in [5.74, 6) is 0.0451. The predicted molar refractivity (Wildman–Crippen MR) is 70.2 cm³/mol. The van der Waals surface area contributed by atoms with Crippen molar-refractivity contribution < 1.29 is 4.79 Å². The molecule has 16 heavy (non-hydrogen) atoms. The van der Waals surface area contributed by atoms with E-state index in [0.29, 0.717) is 11.5 Å². The zero-order valence-electron chi connectivity index (χ0n) is 10.1. The van der Waals surface area contributed by atoms with Crippen molar-refractivity contribution >= 4 is 23.1 Å². The molecule has 0 aromatic heterocycles. The maximum absolute atomic E-state index is 12.2. The van der Waals surface area contributed by atoms with Gasteiger partial charge in [0.1, 0.15) is 0 Å². The second-order valence-electron chi connectivity index (χ2n) is 4.62. The number of rotatable bonds is 4. The van der Waals surface area contributed by atoms with E-state index in [9.17, 15) is 4.79 Å².